The van der Waals surface area contributed by atoms with E-state index in [0.717, 1.165) is 37.5 Å². The van der Waals surface area contributed by atoms with E-state index in [4.69, 9.17) is 0 Å². The number of aromatic hydroxyl groups is 1. The zero-order chi connectivity index (χ0) is 21.2. The second kappa shape index (κ2) is 8.08. The number of anilines is 1. The number of nitro benzene ring substituents is 1. The molecule has 29 heavy (non-hydrogen) atoms. The molecule has 0 radical (unpaired) electrons. The van der Waals surface area contributed by atoms with E-state index in [1.165, 1.54) is 12.1 Å². The van der Waals surface area contributed by atoms with Crippen molar-refractivity contribution in [2.45, 2.75) is 37.1 Å². The number of carbonyl (C=O) groups excluding carboxylic acids is 1. The van der Waals surface area contributed by atoms with Crippen LogP contribution in [0.2, 0.25) is 0 Å². The van der Waals surface area contributed by atoms with Crippen molar-refractivity contribution in [1.82, 2.24) is 4.90 Å². The number of hydrogen-bond donors (Lipinski definition) is 2. The maximum Gasteiger partial charge on any atom is 0.312 e. The number of nitro groups is 1. The summed E-state index contributed by atoms with van der Waals surface area (Å²) < 4.78 is 27.3. The highest BCUT2D eigenvalue weighted by Crippen LogP contribution is 2.29. The van der Waals surface area contributed by atoms with Crippen LogP contribution in [0.5, 0.6) is 5.75 Å². The summed E-state index contributed by atoms with van der Waals surface area (Å²) in [7, 11) is -4.11. The molecule has 3 rings (SSSR count). The van der Waals surface area contributed by atoms with Crippen LogP contribution < -0.4 is 4.72 Å². The van der Waals surface area contributed by atoms with Crippen LogP contribution in [0.15, 0.2) is 47.4 Å². The molecule has 154 valence electrons. The quantitative estimate of drug-likeness (QED) is 0.566. The average molecular weight is 419 g/mol. The van der Waals surface area contributed by atoms with Crippen LogP contribution in [0.1, 0.15) is 36.5 Å². The Hall–Kier alpha value is -3.14. The first kappa shape index (κ1) is 20.6. The van der Waals surface area contributed by atoms with Gasteiger partial charge in [-0.15, -0.1) is 0 Å². The standard InChI is InChI=1S/C19H21N3O6S/c1-13-4-2-3-11-21(13)19(24)14-5-7-15(8-6-14)20-29(27,28)16-9-10-18(23)17(12-16)22(25)26/h5-10,12-13,20,23H,2-4,11H2,1H3. The number of benzene rings is 2. The minimum Gasteiger partial charge on any atom is -0.502 e. The summed E-state index contributed by atoms with van der Waals surface area (Å²) in [5.74, 6) is -0.718. The molecule has 1 saturated heterocycles. The number of nitrogens with zero attached hydrogens (tertiary/aromatic N) is 2. The molecule has 0 bridgehead atoms. The number of sulfonamides is 1. The van der Waals surface area contributed by atoms with Gasteiger partial charge >= 0.3 is 5.69 Å². The lowest BCUT2D eigenvalue weighted by molar-refractivity contribution is -0.386. The largest absolute Gasteiger partial charge is 0.502 e. The molecule has 1 unspecified atom stereocenters. The van der Waals surface area contributed by atoms with Crippen LogP contribution in [0.4, 0.5) is 11.4 Å². The number of amides is 1. The van der Waals surface area contributed by atoms with Gasteiger partial charge in [-0.1, -0.05) is 0 Å². The summed E-state index contributed by atoms with van der Waals surface area (Å²) in [5, 5.41) is 20.4. The molecule has 2 aromatic carbocycles. The highest BCUT2D eigenvalue weighted by atomic mass is 32.2. The van der Waals surface area contributed by atoms with Crippen molar-refractivity contribution in [3.8, 4) is 5.75 Å². The van der Waals surface area contributed by atoms with Gasteiger partial charge in [-0.3, -0.25) is 19.6 Å². The molecule has 1 atom stereocenters. The van der Waals surface area contributed by atoms with E-state index in [0.29, 0.717) is 12.1 Å². The molecular weight excluding hydrogens is 398 g/mol. The van der Waals surface area contributed by atoms with Crippen molar-refractivity contribution in [3.05, 3.63) is 58.1 Å². The molecule has 0 saturated carbocycles. The van der Waals surface area contributed by atoms with Crippen LogP contribution in [0, 0.1) is 10.1 Å². The second-order valence-corrected chi connectivity index (χ2v) is 8.62. The molecule has 10 heteroatoms. The fourth-order valence-electron chi connectivity index (χ4n) is 3.28. The smallest absolute Gasteiger partial charge is 0.312 e. The van der Waals surface area contributed by atoms with Crippen LogP contribution in [0.25, 0.3) is 0 Å². The topological polar surface area (TPSA) is 130 Å². The molecule has 1 heterocycles. The lowest BCUT2D eigenvalue weighted by Gasteiger charge is -2.33. The van der Waals surface area contributed by atoms with Gasteiger partial charge < -0.3 is 10.0 Å². The highest BCUT2D eigenvalue weighted by molar-refractivity contribution is 7.92. The Morgan fingerprint density at radius 2 is 1.90 bits per heavy atom. The Balaban J connectivity index is 1.77. The van der Waals surface area contributed by atoms with Crippen molar-refractivity contribution in [1.29, 1.82) is 0 Å². The van der Waals surface area contributed by atoms with Crippen molar-refractivity contribution in [2.75, 3.05) is 11.3 Å². The van der Waals surface area contributed by atoms with Crippen molar-refractivity contribution in [3.63, 3.8) is 0 Å². The van der Waals surface area contributed by atoms with Crippen molar-refractivity contribution >= 4 is 27.3 Å². The SMILES string of the molecule is CC1CCCCN1C(=O)c1ccc(NS(=O)(=O)c2ccc(O)c([N+](=O)[O-])c2)cc1. The summed E-state index contributed by atoms with van der Waals surface area (Å²) >= 11 is 0. The predicted molar refractivity (Wildman–Crippen MR) is 106 cm³/mol. The summed E-state index contributed by atoms with van der Waals surface area (Å²) in [6, 6.07) is 8.99. The minimum absolute atomic E-state index is 0.0965. The average Bonchev–Trinajstić information content (AvgIpc) is 2.68. The molecule has 1 aliphatic rings. The van der Waals surface area contributed by atoms with E-state index in [1.54, 1.807) is 12.1 Å². The Bertz CT molecular complexity index is 1040. The molecule has 9 nitrogen and oxygen atoms in total. The first-order chi connectivity index (χ1) is 13.7. The zero-order valence-electron chi connectivity index (χ0n) is 15.7. The van der Waals surface area contributed by atoms with E-state index in [-0.39, 0.29) is 22.5 Å². The molecule has 1 aliphatic heterocycles. The fourth-order valence-corrected chi connectivity index (χ4v) is 4.36. The molecule has 0 spiro atoms. The van der Waals surface area contributed by atoms with Crippen LogP contribution in [-0.4, -0.2) is 41.8 Å². The van der Waals surface area contributed by atoms with Gasteiger partial charge in [0.2, 0.25) is 0 Å². The second-order valence-electron chi connectivity index (χ2n) is 6.93. The van der Waals surface area contributed by atoms with Gasteiger partial charge in [-0.05, 0) is 62.6 Å². The fraction of sp³-hybridized carbons (Fsp3) is 0.316. The maximum atomic E-state index is 12.7. The third-order valence-electron chi connectivity index (χ3n) is 4.90. The predicted octanol–water partition coefficient (Wildman–Crippen LogP) is 3.12. The summed E-state index contributed by atoms with van der Waals surface area (Å²) in [4.78, 5) is 24.2. The van der Waals surface area contributed by atoms with E-state index >= 15 is 0 Å². The lowest BCUT2D eigenvalue weighted by atomic mass is 10.0. The van der Waals surface area contributed by atoms with Gasteiger partial charge in [0.25, 0.3) is 15.9 Å². The lowest BCUT2D eigenvalue weighted by Crippen LogP contribution is -2.42. The summed E-state index contributed by atoms with van der Waals surface area (Å²) in [6.45, 7) is 2.71. The van der Waals surface area contributed by atoms with E-state index in [1.807, 2.05) is 11.8 Å². The number of piperidine rings is 1. The maximum absolute atomic E-state index is 12.7. The first-order valence-electron chi connectivity index (χ1n) is 9.10. The molecule has 0 aromatic heterocycles. The van der Waals surface area contributed by atoms with Gasteiger partial charge in [0.05, 0.1) is 9.82 Å². The number of rotatable bonds is 5. The molecule has 1 fully saturated rings. The third-order valence-corrected chi connectivity index (χ3v) is 6.28. The number of carbonyl (C=O) groups is 1. The molecule has 2 aromatic rings. The number of hydrogen-bond acceptors (Lipinski definition) is 6. The Labute approximate surface area is 168 Å². The summed E-state index contributed by atoms with van der Waals surface area (Å²) in [5.41, 5.74) is -0.0320. The number of phenols is 1. The molecular formula is C19H21N3O6S. The number of phenolic OH excluding ortho intramolecular Hbond substituents is 1. The van der Waals surface area contributed by atoms with Gasteiger partial charge in [0.15, 0.2) is 5.75 Å². The van der Waals surface area contributed by atoms with Gasteiger partial charge in [-0.25, -0.2) is 8.42 Å². The third kappa shape index (κ3) is 4.48. The molecule has 2 N–H and O–H groups in total. The highest BCUT2D eigenvalue weighted by Gasteiger charge is 2.25. The van der Waals surface area contributed by atoms with Gasteiger partial charge in [-0.2, -0.15) is 0 Å². The van der Waals surface area contributed by atoms with Crippen LogP contribution >= 0.6 is 0 Å². The number of nitrogens with one attached hydrogen (secondary N) is 1. The Kier molecular flexibility index (Phi) is 5.73. The van der Waals surface area contributed by atoms with Crippen LogP contribution in [-0.2, 0) is 10.0 Å². The minimum atomic E-state index is -4.11. The Morgan fingerprint density at radius 1 is 1.21 bits per heavy atom. The molecule has 0 aliphatic carbocycles. The van der Waals surface area contributed by atoms with Gasteiger partial charge in [0, 0.05) is 29.9 Å². The van der Waals surface area contributed by atoms with E-state index in [2.05, 4.69) is 4.72 Å². The van der Waals surface area contributed by atoms with E-state index < -0.39 is 26.4 Å². The first-order valence-corrected chi connectivity index (χ1v) is 10.6. The van der Waals surface area contributed by atoms with Crippen molar-refractivity contribution < 1.29 is 23.2 Å². The normalized spacial score (nSPS) is 17.0. The van der Waals surface area contributed by atoms with Crippen LogP contribution in [0.3, 0.4) is 0 Å². The Morgan fingerprint density at radius 3 is 2.52 bits per heavy atom. The van der Waals surface area contributed by atoms with Crippen molar-refractivity contribution in [2.24, 2.45) is 0 Å². The monoisotopic (exact) mass is 419 g/mol. The zero-order valence-corrected chi connectivity index (χ0v) is 16.6. The van der Waals surface area contributed by atoms with Gasteiger partial charge in [0.1, 0.15) is 0 Å². The van der Waals surface area contributed by atoms with E-state index in [9.17, 15) is 28.4 Å². The summed E-state index contributed by atoms with van der Waals surface area (Å²) in [6.07, 6.45) is 3.02. The number of likely N-dealkylation sites (tertiary alicyclic amines) is 1. The molecule has 1 amide bonds.